The Morgan fingerprint density at radius 3 is 1.36 bits per heavy atom. The van der Waals surface area contributed by atoms with Crippen LogP contribution in [0.15, 0.2) is 400 Å². The zero-order valence-corrected chi connectivity index (χ0v) is 75.6. The molecule has 0 atom stereocenters. The summed E-state index contributed by atoms with van der Waals surface area (Å²) in [6, 6.07) is 139. The van der Waals surface area contributed by atoms with Crippen LogP contribution in [0.2, 0.25) is 0 Å². The Morgan fingerprint density at radius 2 is 0.769 bits per heavy atom. The molecule has 0 bridgehead atoms. The number of nitrogens with zero attached hydrogens (tertiary/aromatic N) is 9. The topological polar surface area (TPSA) is 121 Å². The molecule has 7 heterocycles. The zero-order valence-electron chi connectivity index (χ0n) is 73.2. The summed E-state index contributed by atoms with van der Waals surface area (Å²) in [4.78, 5) is 37.0. The summed E-state index contributed by atoms with van der Waals surface area (Å²) >= 11 is 0. The first-order chi connectivity index (χ1) is 62.9. The number of ketones is 1. The maximum atomic E-state index is 11.5. The van der Waals surface area contributed by atoms with E-state index >= 15 is 0 Å². The Labute approximate surface area is 766 Å². The van der Waals surface area contributed by atoms with Gasteiger partial charge in [-0.15, -0.1) is 34.9 Å². The SMILES string of the molecule is CC(C)(C)C(=O)C=C(O)C(C)(C)C.Cc1[c-]c(-c2nccc3c2ccc2ccccc23)cc(C)c1.[Ir].c1ccc(-c2nc(-n3c4ccccc4c4cc(-c5ccc6c(c5)c5ccccc5n6-c5ccccc5)ccc43)nc3ccccc23)cc1.c1ccc(-c2nc3ccccc3nc2-n2c3ccccc3c3cc4c5c6ccccc6ccc5n(-c5ccccc5)c4cc32)cc1. The molecule has 24 rings (SSSR count). The van der Waals surface area contributed by atoms with E-state index in [9.17, 15) is 9.90 Å². The van der Waals surface area contributed by atoms with Crippen LogP contribution in [0, 0.1) is 30.7 Å². The number of rotatable bonds is 9. The standard InChI is InChI=1S/C44H28N4.C42H26N4.C21H16N.C11H20O2.Ir/c1-3-13-29(14-4-1)43-35-19-7-10-20-38(35)45-44(46-43)48-40-22-12-9-18-34(40)37-28-31(24-26-42(37)48)30-23-25-41-36(27-30)33-17-8-11-21-39(33)47(41)32-15-5-2-6-16-32;1-3-14-28(15-4-1)41-42(44-35-21-11-10-20-34(35)43-41)46-36-22-12-9-19-31(36)32-25-33-39(26-38(32)46)45(29-16-5-2-6-17-29)37-24-23-27-13-7-8-18-30(27)40(33)37;1-14-11-15(2)13-17(12-14)21-20-8-7-16-5-3-4-6-18(16)19(20)9-10-22-21;1-10(2,3)8(12)7-9(13)11(4,5)6;/h1-28H;1-26H;3-12H,1-2H3;7,12H,1-6H3;/q;;-1;;. The van der Waals surface area contributed by atoms with Crippen molar-refractivity contribution < 1.29 is 30.0 Å². The van der Waals surface area contributed by atoms with Gasteiger partial charge in [-0.3, -0.25) is 13.9 Å². The molecule has 0 unspecified atom stereocenters. The van der Waals surface area contributed by atoms with Crippen LogP contribution in [0.1, 0.15) is 52.7 Å². The molecule has 0 aliphatic carbocycles. The second-order valence-corrected chi connectivity index (χ2v) is 35.3. The van der Waals surface area contributed by atoms with E-state index in [1.54, 1.807) is 0 Å². The first-order valence-corrected chi connectivity index (χ1v) is 43.9. The van der Waals surface area contributed by atoms with E-state index in [0.29, 0.717) is 5.95 Å². The van der Waals surface area contributed by atoms with Gasteiger partial charge in [0.25, 0.3) is 0 Å². The zero-order chi connectivity index (χ0) is 87.8. The second-order valence-electron chi connectivity index (χ2n) is 35.3. The van der Waals surface area contributed by atoms with E-state index in [4.69, 9.17) is 19.9 Å². The van der Waals surface area contributed by atoms with Crippen molar-refractivity contribution >= 4 is 147 Å². The Balaban J connectivity index is 0.000000119. The Kier molecular flexibility index (Phi) is 21.6. The molecular weight excluding hydrogens is 1770 g/mol. The maximum absolute atomic E-state index is 11.5. The van der Waals surface area contributed by atoms with Crippen molar-refractivity contribution in [2.24, 2.45) is 10.8 Å². The van der Waals surface area contributed by atoms with E-state index in [0.717, 1.165) is 106 Å². The largest absolute Gasteiger partial charge is 0.512 e. The molecule has 0 amide bonds. The van der Waals surface area contributed by atoms with Crippen molar-refractivity contribution in [3.63, 3.8) is 0 Å². The molecule has 0 aliphatic rings. The number of fused-ring (bicyclic) bond motifs is 19. The molecule has 1 N–H and O–H groups in total. The summed E-state index contributed by atoms with van der Waals surface area (Å²) in [5.41, 5.74) is 24.1. The van der Waals surface area contributed by atoms with Crippen molar-refractivity contribution in [2.75, 3.05) is 0 Å². The minimum atomic E-state index is -0.417. The van der Waals surface area contributed by atoms with E-state index in [2.05, 4.69) is 383 Å². The molecule has 629 valence electrons. The molecule has 0 saturated carbocycles. The summed E-state index contributed by atoms with van der Waals surface area (Å²) < 4.78 is 9.29. The van der Waals surface area contributed by atoms with Gasteiger partial charge >= 0.3 is 0 Å². The number of aliphatic hydroxyl groups is 1. The molecule has 0 spiro atoms. The number of para-hydroxylation sites is 8. The number of hydrogen-bond acceptors (Lipinski definition) is 7. The molecule has 17 aromatic carbocycles. The number of aryl methyl sites for hydroxylation is 2. The van der Waals surface area contributed by atoms with Crippen molar-refractivity contribution in [1.29, 1.82) is 0 Å². The van der Waals surface area contributed by atoms with Crippen LogP contribution in [-0.2, 0) is 24.9 Å². The first kappa shape index (κ1) is 82.7. The Bertz CT molecular complexity index is 8550. The summed E-state index contributed by atoms with van der Waals surface area (Å²) in [6.45, 7) is 15.3. The minimum absolute atomic E-state index is 0. The normalized spacial score (nSPS) is 11.9. The molecule has 7 aromatic heterocycles. The van der Waals surface area contributed by atoms with Gasteiger partial charge in [0.05, 0.1) is 66.4 Å². The van der Waals surface area contributed by atoms with E-state index in [-0.39, 0.29) is 37.1 Å². The number of carbonyl (C=O) groups is 1. The predicted molar refractivity (Wildman–Crippen MR) is 538 cm³/mol. The Morgan fingerprint density at radius 1 is 0.315 bits per heavy atom. The van der Waals surface area contributed by atoms with E-state index < -0.39 is 5.41 Å². The van der Waals surface area contributed by atoms with Crippen molar-refractivity contribution in [3.05, 3.63) is 417 Å². The van der Waals surface area contributed by atoms with Crippen LogP contribution < -0.4 is 0 Å². The molecular formula is C118H90IrN9O2-. The second kappa shape index (κ2) is 34.0. The molecule has 0 saturated heterocycles. The van der Waals surface area contributed by atoms with Gasteiger partial charge in [-0.25, -0.2) is 19.9 Å². The van der Waals surface area contributed by atoms with Crippen molar-refractivity contribution in [3.8, 4) is 68.0 Å². The van der Waals surface area contributed by atoms with Crippen molar-refractivity contribution in [1.82, 2.24) is 43.2 Å². The van der Waals surface area contributed by atoms with Crippen LogP contribution in [0.5, 0.6) is 0 Å². The smallest absolute Gasteiger partial charge is 0.235 e. The molecule has 0 aliphatic heterocycles. The van der Waals surface area contributed by atoms with Gasteiger partial charge < -0.3 is 19.2 Å². The fourth-order valence-corrected chi connectivity index (χ4v) is 18.4. The van der Waals surface area contributed by atoms with Gasteiger partial charge in [-0.2, -0.15) is 0 Å². The van der Waals surface area contributed by atoms with Gasteiger partial charge in [-0.05, 0) is 158 Å². The first-order valence-electron chi connectivity index (χ1n) is 43.9. The molecule has 1 radical (unpaired) electrons. The summed E-state index contributed by atoms with van der Waals surface area (Å²) in [5.74, 6) is 1.59. The average molecular weight is 1860 g/mol. The summed E-state index contributed by atoms with van der Waals surface area (Å²) in [7, 11) is 0. The molecule has 12 heteroatoms. The third kappa shape index (κ3) is 15.2. The third-order valence-electron chi connectivity index (χ3n) is 24.7. The summed E-state index contributed by atoms with van der Waals surface area (Å²) in [5, 5.41) is 27.8. The number of hydrogen-bond donors (Lipinski definition) is 1. The maximum Gasteiger partial charge on any atom is 0.235 e. The molecule has 24 aromatic rings. The number of benzene rings is 17. The monoisotopic (exact) mass is 1860 g/mol. The van der Waals surface area contributed by atoms with Gasteiger partial charge in [-0.1, -0.05) is 316 Å². The number of allylic oxidation sites excluding steroid dienone is 2. The number of carbonyl (C=O) groups excluding carboxylic acids is 1. The number of aliphatic hydroxyl groups excluding tert-OH is 1. The van der Waals surface area contributed by atoms with Gasteiger partial charge in [0.15, 0.2) is 11.6 Å². The van der Waals surface area contributed by atoms with Gasteiger partial charge in [0.1, 0.15) is 11.5 Å². The van der Waals surface area contributed by atoms with Crippen LogP contribution in [-0.4, -0.2) is 54.1 Å². The average Bonchev–Trinajstić information content (AvgIpc) is 1.54. The van der Waals surface area contributed by atoms with Gasteiger partial charge in [0.2, 0.25) is 5.95 Å². The van der Waals surface area contributed by atoms with E-state index in [1.807, 2.05) is 90.2 Å². The molecule has 130 heavy (non-hydrogen) atoms. The molecule has 0 fully saturated rings. The van der Waals surface area contributed by atoms with Gasteiger partial charge in [0, 0.05) is 114 Å². The fourth-order valence-electron chi connectivity index (χ4n) is 18.4. The van der Waals surface area contributed by atoms with Crippen LogP contribution in [0.3, 0.4) is 0 Å². The predicted octanol–water partition coefficient (Wildman–Crippen LogP) is 30.4. The number of pyridine rings is 1. The van der Waals surface area contributed by atoms with Crippen LogP contribution in [0.25, 0.3) is 210 Å². The molecule has 11 nitrogen and oxygen atoms in total. The van der Waals surface area contributed by atoms with Crippen LogP contribution >= 0.6 is 0 Å². The Hall–Kier alpha value is -15.6. The fraction of sp³-hybridized carbons (Fsp3) is 0.0847. The minimum Gasteiger partial charge on any atom is -0.512 e. The van der Waals surface area contributed by atoms with Crippen LogP contribution in [0.4, 0.5) is 0 Å². The third-order valence-corrected chi connectivity index (χ3v) is 24.7. The van der Waals surface area contributed by atoms with Crippen molar-refractivity contribution in [2.45, 2.75) is 55.4 Å². The quantitative estimate of drug-likeness (QED) is 0.0661. The number of aromatic nitrogens is 9. The summed E-state index contributed by atoms with van der Waals surface area (Å²) in [6.07, 6.45) is 3.23. The van der Waals surface area contributed by atoms with E-state index in [1.165, 1.54) is 115 Å².